The number of aromatic nitrogens is 4. The Morgan fingerprint density at radius 3 is 2.59 bits per heavy atom. The summed E-state index contributed by atoms with van der Waals surface area (Å²) >= 11 is 5.71. The Hall–Kier alpha value is -3.14. The van der Waals surface area contributed by atoms with E-state index in [1.165, 1.54) is 38.3 Å². The van der Waals surface area contributed by atoms with E-state index in [1.807, 2.05) is 0 Å². The van der Waals surface area contributed by atoms with Crippen LogP contribution in [-0.4, -0.2) is 33.1 Å². The van der Waals surface area contributed by atoms with Gasteiger partial charge >= 0.3 is 6.18 Å². The first-order chi connectivity index (χ1) is 13.7. The van der Waals surface area contributed by atoms with Crippen molar-refractivity contribution in [2.45, 2.75) is 19.7 Å². The summed E-state index contributed by atoms with van der Waals surface area (Å²) in [5, 5.41) is 10.8. The Morgan fingerprint density at radius 1 is 1.17 bits per heavy atom. The van der Waals surface area contributed by atoms with Gasteiger partial charge in [-0.05, 0) is 53.7 Å². The first-order valence-corrected chi connectivity index (χ1v) is 8.54. The van der Waals surface area contributed by atoms with Crippen LogP contribution in [0, 0.1) is 0 Å². The van der Waals surface area contributed by atoms with Crippen molar-refractivity contribution in [3.05, 3.63) is 58.4 Å². The zero-order chi connectivity index (χ0) is 21.2. The molecule has 3 aromatic rings. The van der Waals surface area contributed by atoms with Crippen molar-refractivity contribution in [3.8, 4) is 17.2 Å². The van der Waals surface area contributed by atoms with Crippen molar-refractivity contribution < 1.29 is 27.4 Å². The van der Waals surface area contributed by atoms with Crippen molar-refractivity contribution in [1.82, 2.24) is 20.2 Å². The highest BCUT2D eigenvalue weighted by Gasteiger charge is 2.35. The SMILES string of the molecule is COc1cc(C(C)=O)ccc1OCc1nnnn1-c1ccc(Cl)cc1C(F)(F)F. The number of tetrazole rings is 1. The fourth-order valence-corrected chi connectivity index (χ4v) is 2.72. The van der Waals surface area contributed by atoms with Crippen LogP contribution in [0.2, 0.25) is 5.02 Å². The predicted octanol–water partition coefficient (Wildman–Crippen LogP) is 4.12. The second-order valence-corrected chi connectivity index (χ2v) is 6.31. The Labute approximate surface area is 168 Å². The van der Waals surface area contributed by atoms with Gasteiger partial charge in [-0.3, -0.25) is 4.79 Å². The van der Waals surface area contributed by atoms with E-state index in [9.17, 15) is 18.0 Å². The van der Waals surface area contributed by atoms with Crippen molar-refractivity contribution in [3.63, 3.8) is 0 Å². The first-order valence-electron chi connectivity index (χ1n) is 8.17. The Kier molecular flexibility index (Phi) is 5.73. The third-order valence-corrected chi connectivity index (χ3v) is 4.19. The van der Waals surface area contributed by atoms with Gasteiger partial charge in [-0.2, -0.15) is 17.9 Å². The van der Waals surface area contributed by atoms with Crippen LogP contribution in [0.4, 0.5) is 13.2 Å². The maximum Gasteiger partial charge on any atom is 0.418 e. The molecule has 0 unspecified atom stereocenters. The molecule has 0 aliphatic carbocycles. The van der Waals surface area contributed by atoms with Crippen LogP contribution < -0.4 is 9.47 Å². The number of ketones is 1. The van der Waals surface area contributed by atoms with Gasteiger partial charge in [0.2, 0.25) is 0 Å². The lowest BCUT2D eigenvalue weighted by atomic mass is 10.1. The number of halogens is 4. The highest BCUT2D eigenvalue weighted by Crippen LogP contribution is 2.36. The molecule has 0 fully saturated rings. The van der Waals surface area contributed by atoms with Gasteiger partial charge in [-0.15, -0.1) is 5.10 Å². The predicted molar refractivity (Wildman–Crippen MR) is 96.5 cm³/mol. The summed E-state index contributed by atoms with van der Waals surface area (Å²) in [7, 11) is 1.40. The van der Waals surface area contributed by atoms with E-state index in [4.69, 9.17) is 21.1 Å². The van der Waals surface area contributed by atoms with Gasteiger partial charge < -0.3 is 9.47 Å². The smallest absolute Gasteiger partial charge is 0.418 e. The fraction of sp³-hybridized carbons (Fsp3) is 0.222. The van der Waals surface area contributed by atoms with Crippen LogP contribution in [0.3, 0.4) is 0 Å². The molecule has 2 aromatic carbocycles. The Morgan fingerprint density at radius 2 is 1.93 bits per heavy atom. The summed E-state index contributed by atoms with van der Waals surface area (Å²) in [6.07, 6.45) is -4.66. The van der Waals surface area contributed by atoms with E-state index in [2.05, 4.69) is 15.5 Å². The highest BCUT2D eigenvalue weighted by molar-refractivity contribution is 6.30. The molecular formula is C18H14ClF3N4O3. The molecule has 0 amide bonds. The van der Waals surface area contributed by atoms with E-state index in [1.54, 1.807) is 6.07 Å². The largest absolute Gasteiger partial charge is 0.493 e. The molecule has 11 heteroatoms. The zero-order valence-electron chi connectivity index (χ0n) is 15.2. The minimum Gasteiger partial charge on any atom is -0.493 e. The van der Waals surface area contributed by atoms with Crippen molar-refractivity contribution in [1.29, 1.82) is 0 Å². The molecule has 152 valence electrons. The van der Waals surface area contributed by atoms with Crippen molar-refractivity contribution in [2.24, 2.45) is 0 Å². The van der Waals surface area contributed by atoms with Gasteiger partial charge in [-0.1, -0.05) is 11.6 Å². The molecule has 0 bridgehead atoms. The van der Waals surface area contributed by atoms with Crippen LogP contribution in [0.25, 0.3) is 5.69 Å². The van der Waals surface area contributed by atoms with Gasteiger partial charge in [-0.25, -0.2) is 0 Å². The van der Waals surface area contributed by atoms with Crippen molar-refractivity contribution in [2.75, 3.05) is 7.11 Å². The zero-order valence-corrected chi connectivity index (χ0v) is 16.0. The number of hydrogen-bond donors (Lipinski definition) is 0. The normalized spacial score (nSPS) is 11.4. The average molecular weight is 427 g/mol. The lowest BCUT2D eigenvalue weighted by Crippen LogP contribution is -2.14. The molecule has 0 radical (unpaired) electrons. The monoisotopic (exact) mass is 426 g/mol. The number of ether oxygens (including phenoxy) is 2. The lowest BCUT2D eigenvalue weighted by Gasteiger charge is -2.14. The first kappa shape index (κ1) is 20.6. The minimum absolute atomic E-state index is 0.0236. The number of Topliss-reactive ketones (excluding diaryl/α,β-unsaturated/α-hetero) is 1. The minimum atomic E-state index is -4.66. The van der Waals surface area contributed by atoms with Gasteiger partial charge in [0.1, 0.15) is 0 Å². The second-order valence-electron chi connectivity index (χ2n) is 5.88. The third kappa shape index (κ3) is 4.48. The summed E-state index contributed by atoms with van der Waals surface area (Å²) in [6, 6.07) is 7.85. The maximum absolute atomic E-state index is 13.4. The maximum atomic E-state index is 13.4. The topological polar surface area (TPSA) is 79.1 Å². The number of alkyl halides is 3. The van der Waals surface area contributed by atoms with Gasteiger partial charge in [0, 0.05) is 10.6 Å². The van der Waals surface area contributed by atoms with Crippen LogP contribution in [-0.2, 0) is 12.8 Å². The Balaban J connectivity index is 1.91. The molecule has 0 saturated carbocycles. The molecule has 0 spiro atoms. The van der Waals surface area contributed by atoms with Crippen molar-refractivity contribution >= 4 is 17.4 Å². The van der Waals surface area contributed by atoms with E-state index in [0.29, 0.717) is 11.3 Å². The summed E-state index contributed by atoms with van der Waals surface area (Å²) < 4.78 is 51.9. The quantitative estimate of drug-likeness (QED) is 0.551. The number of hydrogen-bond acceptors (Lipinski definition) is 6. The van der Waals surface area contributed by atoms with E-state index < -0.39 is 11.7 Å². The van der Waals surface area contributed by atoms with Gasteiger partial charge in [0.15, 0.2) is 29.7 Å². The molecule has 0 atom stereocenters. The molecule has 1 aromatic heterocycles. The summed E-state index contributed by atoms with van der Waals surface area (Å²) in [4.78, 5) is 11.5. The molecular weight excluding hydrogens is 413 g/mol. The summed E-state index contributed by atoms with van der Waals surface area (Å²) in [5.41, 5.74) is -0.846. The third-order valence-electron chi connectivity index (χ3n) is 3.95. The van der Waals surface area contributed by atoms with E-state index in [-0.39, 0.29) is 34.7 Å². The fourth-order valence-electron chi connectivity index (χ4n) is 2.55. The molecule has 29 heavy (non-hydrogen) atoms. The number of carbonyl (C=O) groups excluding carboxylic acids is 1. The summed E-state index contributed by atoms with van der Waals surface area (Å²) in [6.45, 7) is 1.16. The lowest BCUT2D eigenvalue weighted by molar-refractivity contribution is -0.137. The highest BCUT2D eigenvalue weighted by atomic mass is 35.5. The molecule has 0 saturated heterocycles. The number of methoxy groups -OCH3 is 1. The van der Waals surface area contributed by atoms with Crippen LogP contribution in [0.5, 0.6) is 11.5 Å². The number of benzene rings is 2. The van der Waals surface area contributed by atoms with Gasteiger partial charge in [0.05, 0.1) is 18.4 Å². The van der Waals surface area contributed by atoms with Crippen LogP contribution >= 0.6 is 11.6 Å². The molecule has 7 nitrogen and oxygen atoms in total. The molecule has 0 aliphatic heterocycles. The molecule has 1 heterocycles. The average Bonchev–Trinajstić information content (AvgIpc) is 3.13. The summed E-state index contributed by atoms with van der Waals surface area (Å²) in [5.74, 6) is 0.440. The number of carbonyl (C=O) groups is 1. The van der Waals surface area contributed by atoms with Gasteiger partial charge in [0.25, 0.3) is 0 Å². The molecule has 3 rings (SSSR count). The number of nitrogens with zero attached hydrogens (tertiary/aromatic N) is 4. The van der Waals surface area contributed by atoms with Crippen LogP contribution in [0.1, 0.15) is 28.7 Å². The van der Waals surface area contributed by atoms with E-state index >= 15 is 0 Å². The second kappa shape index (κ2) is 8.08. The van der Waals surface area contributed by atoms with Crippen LogP contribution in [0.15, 0.2) is 36.4 Å². The standard InChI is InChI=1S/C18H14ClF3N4O3/c1-10(27)11-3-6-15(16(7-11)28-2)29-9-17-23-24-25-26(17)14-5-4-12(19)8-13(14)18(20,21)22/h3-8H,9H2,1-2H3. The number of rotatable bonds is 6. The Bertz CT molecular complexity index is 1050. The molecule has 0 aliphatic rings. The van der Waals surface area contributed by atoms with E-state index in [0.717, 1.165) is 10.7 Å². The molecule has 0 N–H and O–H groups in total.